The second kappa shape index (κ2) is 7.79. The molecule has 0 spiro atoms. The van der Waals surface area contributed by atoms with Crippen LogP contribution < -0.4 is 4.90 Å². The molecule has 0 fully saturated rings. The molecular formula is C19H21NO5. The van der Waals surface area contributed by atoms with Gasteiger partial charge >= 0.3 is 17.8 Å². The number of amides is 1. The molecule has 0 heterocycles. The van der Waals surface area contributed by atoms with Crippen molar-refractivity contribution in [1.29, 1.82) is 0 Å². The van der Waals surface area contributed by atoms with Crippen LogP contribution >= 0.6 is 0 Å². The van der Waals surface area contributed by atoms with Crippen LogP contribution in [0.15, 0.2) is 36.4 Å². The number of benzene rings is 2. The Kier molecular flexibility index (Phi) is 5.75. The van der Waals surface area contributed by atoms with Gasteiger partial charge in [-0.1, -0.05) is 36.4 Å². The summed E-state index contributed by atoms with van der Waals surface area (Å²) >= 11 is 0. The Balaban J connectivity index is 2.67. The Hall–Kier alpha value is -2.89. The summed E-state index contributed by atoms with van der Waals surface area (Å²) in [5, 5.41) is 1.65. The molecule has 2 rings (SSSR count). The minimum atomic E-state index is -1.01. The molecule has 0 N–H and O–H groups in total. The van der Waals surface area contributed by atoms with Crippen molar-refractivity contribution in [3.8, 4) is 0 Å². The van der Waals surface area contributed by atoms with E-state index in [1.807, 2.05) is 43.3 Å². The van der Waals surface area contributed by atoms with Gasteiger partial charge in [0, 0.05) is 5.39 Å². The summed E-state index contributed by atoms with van der Waals surface area (Å²) in [7, 11) is 1.24. The predicted molar refractivity (Wildman–Crippen MR) is 94.3 cm³/mol. The van der Waals surface area contributed by atoms with Crippen LogP contribution in [0.5, 0.6) is 0 Å². The number of anilines is 1. The second-order valence-corrected chi connectivity index (χ2v) is 5.55. The number of esters is 2. The van der Waals surface area contributed by atoms with Gasteiger partial charge in [0.05, 0.1) is 19.4 Å². The number of ether oxygens (including phenoxy) is 2. The van der Waals surface area contributed by atoms with Gasteiger partial charge in [0.25, 0.3) is 0 Å². The molecule has 2 aromatic rings. The van der Waals surface area contributed by atoms with Gasteiger partial charge in [-0.05, 0) is 31.7 Å². The monoisotopic (exact) mass is 343 g/mol. The largest absolute Gasteiger partial charge is 0.467 e. The number of hydrogen-bond acceptors (Lipinski definition) is 5. The van der Waals surface area contributed by atoms with Crippen LogP contribution in [0, 0.1) is 6.92 Å². The fourth-order valence-corrected chi connectivity index (χ4v) is 2.72. The van der Waals surface area contributed by atoms with Gasteiger partial charge in [-0.15, -0.1) is 0 Å². The minimum absolute atomic E-state index is 0.0690. The van der Waals surface area contributed by atoms with E-state index in [1.165, 1.54) is 14.0 Å². The molecular weight excluding hydrogens is 322 g/mol. The zero-order valence-corrected chi connectivity index (χ0v) is 14.7. The molecule has 0 bridgehead atoms. The normalized spacial score (nSPS) is 11.7. The standard InChI is InChI=1S/C19H21NO5/c1-5-25-19(23)17(21)20(13(3)18(22)24-4)16-12(2)10-11-14-8-6-7-9-15(14)16/h6-11,13H,5H2,1-4H3/t13-/m0/s1. The number of aryl methyl sites for hydroxylation is 1. The van der Waals surface area contributed by atoms with Gasteiger partial charge in [0.1, 0.15) is 6.04 Å². The number of carbonyl (C=O) groups is 3. The zero-order valence-electron chi connectivity index (χ0n) is 14.7. The van der Waals surface area contributed by atoms with Gasteiger partial charge in [0.2, 0.25) is 0 Å². The van der Waals surface area contributed by atoms with Crippen LogP contribution in [-0.4, -0.2) is 37.6 Å². The molecule has 2 aromatic carbocycles. The Morgan fingerprint density at radius 1 is 1.12 bits per heavy atom. The average Bonchev–Trinajstić information content (AvgIpc) is 2.62. The molecule has 1 amide bonds. The zero-order chi connectivity index (χ0) is 18.6. The molecule has 1 atom stereocenters. The highest BCUT2D eigenvalue weighted by Crippen LogP contribution is 2.32. The predicted octanol–water partition coefficient (Wildman–Crippen LogP) is 2.61. The molecule has 0 saturated heterocycles. The molecule has 25 heavy (non-hydrogen) atoms. The summed E-state index contributed by atoms with van der Waals surface area (Å²) in [5.74, 6) is -2.53. The van der Waals surface area contributed by atoms with Crippen LogP contribution in [-0.2, 0) is 23.9 Å². The van der Waals surface area contributed by atoms with Crippen molar-refractivity contribution < 1.29 is 23.9 Å². The van der Waals surface area contributed by atoms with E-state index in [9.17, 15) is 14.4 Å². The number of rotatable bonds is 4. The van der Waals surface area contributed by atoms with E-state index in [4.69, 9.17) is 9.47 Å². The summed E-state index contributed by atoms with van der Waals surface area (Å²) < 4.78 is 9.61. The van der Waals surface area contributed by atoms with E-state index in [0.717, 1.165) is 21.2 Å². The molecule has 0 saturated carbocycles. The molecule has 0 aliphatic rings. The highest BCUT2D eigenvalue weighted by Gasteiger charge is 2.34. The molecule has 0 unspecified atom stereocenters. The summed E-state index contributed by atoms with van der Waals surface area (Å²) in [6, 6.07) is 10.2. The SMILES string of the molecule is CCOC(=O)C(=O)N(c1c(C)ccc2ccccc12)[C@@H](C)C(=O)OC. The first-order valence-corrected chi connectivity index (χ1v) is 7.98. The Labute approximate surface area is 146 Å². The third-order valence-electron chi connectivity index (χ3n) is 3.94. The number of nitrogens with zero attached hydrogens (tertiary/aromatic N) is 1. The number of hydrogen-bond donors (Lipinski definition) is 0. The maximum atomic E-state index is 12.7. The van der Waals surface area contributed by atoms with Gasteiger partial charge < -0.3 is 9.47 Å². The fraction of sp³-hybridized carbons (Fsp3) is 0.316. The van der Waals surface area contributed by atoms with Gasteiger partial charge in [-0.3, -0.25) is 9.69 Å². The number of fused-ring (bicyclic) bond motifs is 1. The highest BCUT2D eigenvalue weighted by molar-refractivity contribution is 6.39. The van der Waals surface area contributed by atoms with Crippen molar-refractivity contribution in [2.24, 2.45) is 0 Å². The van der Waals surface area contributed by atoms with Crippen molar-refractivity contribution >= 4 is 34.3 Å². The molecule has 132 valence electrons. The number of methoxy groups -OCH3 is 1. The molecule has 0 aromatic heterocycles. The molecule has 6 heteroatoms. The summed E-state index contributed by atoms with van der Waals surface area (Å²) in [4.78, 5) is 38.0. The maximum absolute atomic E-state index is 12.7. The molecule has 6 nitrogen and oxygen atoms in total. The third kappa shape index (κ3) is 3.63. The molecule has 0 aliphatic heterocycles. The Morgan fingerprint density at radius 2 is 1.80 bits per heavy atom. The van der Waals surface area contributed by atoms with Crippen LogP contribution in [0.4, 0.5) is 5.69 Å². The molecule has 0 aliphatic carbocycles. The van der Waals surface area contributed by atoms with E-state index in [0.29, 0.717) is 5.69 Å². The summed E-state index contributed by atoms with van der Waals surface area (Å²) in [6.45, 7) is 5.02. The van der Waals surface area contributed by atoms with Crippen LogP contribution in [0.3, 0.4) is 0 Å². The van der Waals surface area contributed by atoms with Crippen molar-refractivity contribution in [2.45, 2.75) is 26.8 Å². The van der Waals surface area contributed by atoms with Crippen LogP contribution in [0.25, 0.3) is 10.8 Å². The van der Waals surface area contributed by atoms with E-state index in [2.05, 4.69) is 0 Å². The lowest BCUT2D eigenvalue weighted by Crippen LogP contribution is -2.48. The lowest BCUT2D eigenvalue weighted by atomic mass is 10.0. The third-order valence-corrected chi connectivity index (χ3v) is 3.94. The second-order valence-electron chi connectivity index (χ2n) is 5.55. The first kappa shape index (κ1) is 18.4. The lowest BCUT2D eigenvalue weighted by Gasteiger charge is -2.29. The van der Waals surface area contributed by atoms with E-state index >= 15 is 0 Å². The minimum Gasteiger partial charge on any atom is -0.467 e. The average molecular weight is 343 g/mol. The van der Waals surface area contributed by atoms with Crippen molar-refractivity contribution in [2.75, 3.05) is 18.6 Å². The maximum Gasteiger partial charge on any atom is 0.397 e. The summed E-state index contributed by atoms with van der Waals surface area (Å²) in [6.07, 6.45) is 0. The van der Waals surface area contributed by atoms with E-state index in [-0.39, 0.29) is 6.61 Å². The first-order chi connectivity index (χ1) is 11.9. The quantitative estimate of drug-likeness (QED) is 0.630. The van der Waals surface area contributed by atoms with Crippen LogP contribution in [0.1, 0.15) is 19.4 Å². The van der Waals surface area contributed by atoms with Gasteiger partial charge in [-0.25, -0.2) is 9.59 Å². The van der Waals surface area contributed by atoms with E-state index < -0.39 is 23.9 Å². The van der Waals surface area contributed by atoms with Gasteiger partial charge in [-0.2, -0.15) is 0 Å². The van der Waals surface area contributed by atoms with Crippen molar-refractivity contribution in [1.82, 2.24) is 0 Å². The Bertz CT molecular complexity index is 815. The molecule has 0 radical (unpaired) electrons. The van der Waals surface area contributed by atoms with Gasteiger partial charge in [0.15, 0.2) is 0 Å². The highest BCUT2D eigenvalue weighted by atomic mass is 16.5. The summed E-state index contributed by atoms with van der Waals surface area (Å²) in [5.41, 5.74) is 1.25. The topological polar surface area (TPSA) is 72.9 Å². The number of carbonyl (C=O) groups excluding carboxylic acids is 3. The van der Waals surface area contributed by atoms with E-state index in [1.54, 1.807) is 6.92 Å². The smallest absolute Gasteiger partial charge is 0.397 e. The van der Waals surface area contributed by atoms with Crippen molar-refractivity contribution in [3.05, 3.63) is 42.0 Å². The Morgan fingerprint density at radius 3 is 2.44 bits per heavy atom. The first-order valence-electron chi connectivity index (χ1n) is 7.98. The lowest BCUT2D eigenvalue weighted by molar-refractivity contribution is -0.154. The van der Waals surface area contributed by atoms with Crippen LogP contribution in [0.2, 0.25) is 0 Å². The fourth-order valence-electron chi connectivity index (χ4n) is 2.72. The van der Waals surface area contributed by atoms with Crippen molar-refractivity contribution in [3.63, 3.8) is 0 Å².